The minimum Gasteiger partial charge on any atom is -0.375 e. The van der Waals surface area contributed by atoms with E-state index in [1.165, 1.54) is 18.3 Å². The van der Waals surface area contributed by atoms with E-state index in [0.29, 0.717) is 17.6 Å². The molecule has 0 radical (unpaired) electrons. The van der Waals surface area contributed by atoms with E-state index in [-0.39, 0.29) is 22.3 Å². The van der Waals surface area contributed by atoms with E-state index in [0.717, 1.165) is 29.6 Å². The van der Waals surface area contributed by atoms with Gasteiger partial charge in [-0.3, -0.25) is 10.1 Å². The maximum absolute atomic E-state index is 13.0. The Morgan fingerprint density at radius 1 is 1.25 bits per heavy atom. The maximum atomic E-state index is 13.0. The number of fused-ring (bicyclic) bond motifs is 1. The van der Waals surface area contributed by atoms with Crippen molar-refractivity contribution in [3.05, 3.63) is 58.9 Å². The van der Waals surface area contributed by atoms with Crippen molar-refractivity contribution < 1.29 is 13.3 Å². The molecule has 0 aliphatic carbocycles. The molecule has 3 aromatic rings. The van der Waals surface area contributed by atoms with Crippen LogP contribution >= 0.6 is 0 Å². The lowest BCUT2D eigenvalue weighted by Gasteiger charge is -2.24. The molecule has 2 N–H and O–H groups in total. The highest BCUT2D eigenvalue weighted by Gasteiger charge is 2.26. The molecule has 146 valence electrons. The highest BCUT2D eigenvalue weighted by molar-refractivity contribution is 7.90. The summed E-state index contributed by atoms with van der Waals surface area (Å²) in [6, 6.07) is 9.58. The average Bonchev–Trinajstić information content (AvgIpc) is 3.15. The quantitative estimate of drug-likeness (QED) is 0.497. The van der Waals surface area contributed by atoms with Gasteiger partial charge in [-0.05, 0) is 37.6 Å². The van der Waals surface area contributed by atoms with Crippen molar-refractivity contribution in [1.82, 2.24) is 14.3 Å². The molecular formula is C18H19N5O4S. The summed E-state index contributed by atoms with van der Waals surface area (Å²) in [6.07, 6.45) is 4.33. The maximum Gasteiger partial charge on any atom is 0.311 e. The fourth-order valence-electron chi connectivity index (χ4n) is 3.42. The molecule has 0 bridgehead atoms. The van der Waals surface area contributed by atoms with Crippen LogP contribution in [-0.2, 0) is 10.0 Å². The van der Waals surface area contributed by atoms with Crippen molar-refractivity contribution in [3.63, 3.8) is 0 Å². The smallest absolute Gasteiger partial charge is 0.311 e. The highest BCUT2D eigenvalue weighted by atomic mass is 32.2. The van der Waals surface area contributed by atoms with Gasteiger partial charge in [0.05, 0.1) is 15.2 Å². The summed E-state index contributed by atoms with van der Waals surface area (Å²) in [6.45, 7) is 1.60. The first-order chi connectivity index (χ1) is 13.5. The molecule has 28 heavy (non-hydrogen) atoms. The molecule has 1 atom stereocenters. The molecule has 1 fully saturated rings. The number of nitrogens with zero attached hydrogens (tertiary/aromatic N) is 3. The zero-order valence-electron chi connectivity index (χ0n) is 14.9. The van der Waals surface area contributed by atoms with Gasteiger partial charge in [-0.25, -0.2) is 17.4 Å². The number of pyridine rings is 1. The third-order valence-electron chi connectivity index (χ3n) is 4.80. The van der Waals surface area contributed by atoms with Gasteiger partial charge in [-0.15, -0.1) is 0 Å². The van der Waals surface area contributed by atoms with Gasteiger partial charge in [0.2, 0.25) is 0 Å². The SMILES string of the molecule is O=[N+]([O-])c1cnc2c(ccn2S(=O)(=O)c2ccccc2)c1NC1CCCNC1. The van der Waals surface area contributed by atoms with Crippen molar-refractivity contribution in [2.75, 3.05) is 18.4 Å². The molecule has 0 amide bonds. The van der Waals surface area contributed by atoms with Gasteiger partial charge >= 0.3 is 5.69 Å². The Morgan fingerprint density at radius 3 is 2.71 bits per heavy atom. The van der Waals surface area contributed by atoms with E-state index in [4.69, 9.17) is 0 Å². The van der Waals surface area contributed by atoms with Crippen LogP contribution in [0.1, 0.15) is 12.8 Å². The molecule has 0 saturated carbocycles. The molecule has 3 heterocycles. The van der Waals surface area contributed by atoms with Gasteiger partial charge in [-0.2, -0.15) is 0 Å². The lowest BCUT2D eigenvalue weighted by molar-refractivity contribution is -0.384. The molecule has 1 aliphatic rings. The highest BCUT2D eigenvalue weighted by Crippen LogP contribution is 2.34. The second-order valence-electron chi connectivity index (χ2n) is 6.63. The van der Waals surface area contributed by atoms with E-state index < -0.39 is 14.9 Å². The number of piperidine rings is 1. The summed E-state index contributed by atoms with van der Waals surface area (Å²) in [4.78, 5) is 15.2. The average molecular weight is 401 g/mol. The standard InChI is InChI=1S/C18H19N5O4S/c24-23(25)16-12-20-18-15(17(16)21-13-5-4-9-19-11-13)8-10-22(18)28(26,27)14-6-2-1-3-7-14/h1-3,6-8,10,12-13,19H,4-5,9,11H2,(H,20,21). The van der Waals surface area contributed by atoms with Crippen molar-refractivity contribution in [1.29, 1.82) is 0 Å². The first-order valence-electron chi connectivity index (χ1n) is 8.91. The number of benzene rings is 1. The van der Waals surface area contributed by atoms with E-state index in [9.17, 15) is 18.5 Å². The molecule has 10 heteroatoms. The van der Waals surface area contributed by atoms with Gasteiger partial charge in [0.1, 0.15) is 11.9 Å². The van der Waals surface area contributed by atoms with Crippen LogP contribution in [0.3, 0.4) is 0 Å². The Morgan fingerprint density at radius 2 is 2.04 bits per heavy atom. The van der Waals surface area contributed by atoms with Gasteiger partial charge < -0.3 is 10.6 Å². The second-order valence-corrected chi connectivity index (χ2v) is 8.45. The molecule has 4 rings (SSSR count). The Kier molecular flexibility index (Phi) is 4.73. The summed E-state index contributed by atoms with van der Waals surface area (Å²) >= 11 is 0. The van der Waals surface area contributed by atoms with Crippen molar-refractivity contribution in [3.8, 4) is 0 Å². The van der Waals surface area contributed by atoms with Gasteiger partial charge in [0.15, 0.2) is 5.65 Å². The number of rotatable bonds is 5. The third-order valence-corrected chi connectivity index (χ3v) is 6.48. The summed E-state index contributed by atoms with van der Waals surface area (Å²) < 4.78 is 27.0. The Labute approximate surface area is 161 Å². The Bertz CT molecular complexity index is 1120. The number of hydrogen-bond donors (Lipinski definition) is 2. The lowest BCUT2D eigenvalue weighted by Crippen LogP contribution is -2.38. The predicted octanol–water partition coefficient (Wildman–Crippen LogP) is 2.35. The van der Waals surface area contributed by atoms with Crippen molar-refractivity contribution >= 4 is 32.4 Å². The van der Waals surface area contributed by atoms with E-state index in [1.54, 1.807) is 24.3 Å². The Balaban J connectivity index is 1.84. The normalized spacial score (nSPS) is 17.5. The van der Waals surface area contributed by atoms with Crippen molar-refractivity contribution in [2.24, 2.45) is 0 Å². The number of nitrogens with one attached hydrogen (secondary N) is 2. The largest absolute Gasteiger partial charge is 0.375 e. The summed E-state index contributed by atoms with van der Waals surface area (Å²) in [5, 5.41) is 18.4. The first-order valence-corrected chi connectivity index (χ1v) is 10.3. The van der Waals surface area contributed by atoms with Gasteiger partial charge in [0.25, 0.3) is 10.0 Å². The van der Waals surface area contributed by atoms with E-state index in [1.807, 2.05) is 0 Å². The monoisotopic (exact) mass is 401 g/mol. The second kappa shape index (κ2) is 7.21. The lowest BCUT2D eigenvalue weighted by atomic mass is 10.1. The minimum absolute atomic E-state index is 0.0205. The molecule has 1 aliphatic heterocycles. The van der Waals surface area contributed by atoms with Crippen LogP contribution in [0.2, 0.25) is 0 Å². The first kappa shape index (κ1) is 18.4. The molecule has 2 aromatic heterocycles. The van der Waals surface area contributed by atoms with E-state index >= 15 is 0 Å². The molecule has 1 aromatic carbocycles. The molecule has 9 nitrogen and oxygen atoms in total. The fraction of sp³-hybridized carbons (Fsp3) is 0.278. The number of anilines is 1. The van der Waals surface area contributed by atoms with Crippen LogP contribution in [0, 0.1) is 10.1 Å². The van der Waals surface area contributed by atoms with Crippen LogP contribution < -0.4 is 10.6 Å². The van der Waals surface area contributed by atoms with Crippen LogP contribution in [0.4, 0.5) is 11.4 Å². The molecule has 1 saturated heterocycles. The molecule has 1 unspecified atom stereocenters. The summed E-state index contributed by atoms with van der Waals surface area (Å²) in [5.74, 6) is 0. The van der Waals surface area contributed by atoms with Gasteiger partial charge in [-0.1, -0.05) is 18.2 Å². The van der Waals surface area contributed by atoms with Crippen LogP contribution in [-0.4, -0.2) is 41.4 Å². The Hall–Kier alpha value is -2.98. The van der Waals surface area contributed by atoms with Gasteiger partial charge in [0, 0.05) is 18.8 Å². The number of hydrogen-bond acceptors (Lipinski definition) is 7. The van der Waals surface area contributed by atoms with Crippen LogP contribution in [0.15, 0.2) is 53.7 Å². The third kappa shape index (κ3) is 3.20. The number of aromatic nitrogens is 2. The molecular weight excluding hydrogens is 382 g/mol. The molecule has 0 spiro atoms. The predicted molar refractivity (Wildman–Crippen MR) is 105 cm³/mol. The van der Waals surface area contributed by atoms with Crippen molar-refractivity contribution in [2.45, 2.75) is 23.8 Å². The summed E-state index contributed by atoms with van der Waals surface area (Å²) in [7, 11) is -3.86. The summed E-state index contributed by atoms with van der Waals surface area (Å²) in [5.41, 5.74) is 0.277. The zero-order valence-corrected chi connectivity index (χ0v) is 15.7. The van der Waals surface area contributed by atoms with Crippen LogP contribution in [0.25, 0.3) is 11.0 Å². The fourth-order valence-corrected chi connectivity index (χ4v) is 4.74. The minimum atomic E-state index is -3.86. The number of nitro groups is 1. The van der Waals surface area contributed by atoms with E-state index in [2.05, 4.69) is 15.6 Å². The topological polar surface area (TPSA) is 119 Å². The zero-order chi connectivity index (χ0) is 19.7. The van der Waals surface area contributed by atoms with Crippen LogP contribution in [0.5, 0.6) is 0 Å².